The molecule has 0 amide bonds. The second-order valence-electron chi connectivity index (χ2n) is 5.27. The van der Waals surface area contributed by atoms with Crippen molar-refractivity contribution in [3.05, 3.63) is 29.8 Å². The smallest absolute Gasteiger partial charge is 0.233 e. The highest BCUT2D eigenvalue weighted by atomic mass is 32.2. The molecular formula is C14H22N2O3S. The minimum Gasteiger partial charge on any atom is -0.396 e. The maximum Gasteiger partial charge on any atom is 0.233 e. The lowest BCUT2D eigenvalue weighted by molar-refractivity contribution is 0.299. The number of rotatable bonds is 6. The van der Waals surface area contributed by atoms with Crippen molar-refractivity contribution in [1.29, 1.82) is 0 Å². The Morgan fingerprint density at radius 2 is 2.05 bits per heavy atom. The molecule has 0 spiro atoms. The fourth-order valence-electron chi connectivity index (χ4n) is 2.47. The van der Waals surface area contributed by atoms with Gasteiger partial charge in [-0.05, 0) is 56.0 Å². The second kappa shape index (κ2) is 7.06. The number of aliphatic hydroxyl groups is 1. The van der Waals surface area contributed by atoms with Gasteiger partial charge in [0, 0.05) is 12.3 Å². The lowest BCUT2D eigenvalue weighted by Crippen LogP contribution is -2.35. The van der Waals surface area contributed by atoms with E-state index in [1.54, 1.807) is 12.1 Å². The normalized spacial score (nSPS) is 19.8. The van der Waals surface area contributed by atoms with Crippen LogP contribution in [0.3, 0.4) is 0 Å². The van der Waals surface area contributed by atoms with Gasteiger partial charge < -0.3 is 10.4 Å². The molecule has 1 aliphatic heterocycles. The molecule has 1 aliphatic rings. The van der Waals surface area contributed by atoms with E-state index in [4.69, 9.17) is 5.11 Å². The fraction of sp³-hybridized carbons (Fsp3) is 0.571. The molecule has 5 nitrogen and oxygen atoms in total. The largest absolute Gasteiger partial charge is 0.396 e. The van der Waals surface area contributed by atoms with Gasteiger partial charge in [-0.1, -0.05) is 12.1 Å². The number of anilines is 1. The highest BCUT2D eigenvalue weighted by molar-refractivity contribution is 7.92. The highest BCUT2D eigenvalue weighted by Gasteiger charge is 2.21. The quantitative estimate of drug-likeness (QED) is 0.731. The minimum absolute atomic E-state index is 0.0970. The summed E-state index contributed by atoms with van der Waals surface area (Å²) in [7, 11) is -3.30. The van der Waals surface area contributed by atoms with Crippen LogP contribution in [-0.2, 0) is 16.4 Å². The molecule has 1 heterocycles. The molecule has 1 atom stereocenters. The van der Waals surface area contributed by atoms with Crippen molar-refractivity contribution in [3.8, 4) is 0 Å². The van der Waals surface area contributed by atoms with Gasteiger partial charge in [0.2, 0.25) is 10.0 Å². The first kappa shape index (κ1) is 15.3. The SMILES string of the molecule is O=S(=O)(CC1CCCNC1)Nc1ccc(CCO)cc1. The van der Waals surface area contributed by atoms with Crippen molar-refractivity contribution in [2.75, 3.05) is 30.2 Å². The number of benzene rings is 1. The van der Waals surface area contributed by atoms with Crippen LogP contribution in [0.2, 0.25) is 0 Å². The Bertz CT molecular complexity index is 508. The Labute approximate surface area is 120 Å². The monoisotopic (exact) mass is 298 g/mol. The van der Waals surface area contributed by atoms with Gasteiger partial charge in [0.15, 0.2) is 0 Å². The topological polar surface area (TPSA) is 78.4 Å². The van der Waals surface area contributed by atoms with E-state index in [9.17, 15) is 8.42 Å². The van der Waals surface area contributed by atoms with Crippen LogP contribution in [0, 0.1) is 5.92 Å². The Kier molecular flexibility index (Phi) is 5.39. The lowest BCUT2D eigenvalue weighted by atomic mass is 10.0. The molecule has 0 saturated carbocycles. The zero-order valence-electron chi connectivity index (χ0n) is 11.5. The van der Waals surface area contributed by atoms with E-state index in [-0.39, 0.29) is 18.3 Å². The van der Waals surface area contributed by atoms with E-state index in [0.717, 1.165) is 31.5 Å². The van der Waals surface area contributed by atoms with Crippen molar-refractivity contribution < 1.29 is 13.5 Å². The Balaban J connectivity index is 1.93. The van der Waals surface area contributed by atoms with Crippen LogP contribution in [0.5, 0.6) is 0 Å². The van der Waals surface area contributed by atoms with E-state index in [0.29, 0.717) is 12.1 Å². The molecule has 6 heteroatoms. The van der Waals surface area contributed by atoms with Crippen molar-refractivity contribution in [3.63, 3.8) is 0 Å². The number of piperidine rings is 1. The molecule has 1 aromatic carbocycles. The fourth-order valence-corrected chi connectivity index (χ4v) is 3.95. The average molecular weight is 298 g/mol. The maximum atomic E-state index is 12.1. The molecule has 1 fully saturated rings. The first-order valence-electron chi connectivity index (χ1n) is 7.00. The molecule has 2 rings (SSSR count). The van der Waals surface area contributed by atoms with Crippen LogP contribution >= 0.6 is 0 Å². The molecule has 20 heavy (non-hydrogen) atoms. The van der Waals surface area contributed by atoms with Crippen LogP contribution in [0.25, 0.3) is 0 Å². The molecule has 0 aromatic heterocycles. The average Bonchev–Trinajstić information content (AvgIpc) is 2.41. The van der Waals surface area contributed by atoms with Gasteiger partial charge in [-0.2, -0.15) is 0 Å². The second-order valence-corrected chi connectivity index (χ2v) is 7.03. The summed E-state index contributed by atoms with van der Waals surface area (Å²) in [4.78, 5) is 0. The Hall–Kier alpha value is -1.11. The zero-order chi connectivity index (χ0) is 14.4. The van der Waals surface area contributed by atoms with Gasteiger partial charge in [0.25, 0.3) is 0 Å². The molecule has 112 valence electrons. The molecule has 1 unspecified atom stereocenters. The Morgan fingerprint density at radius 3 is 2.65 bits per heavy atom. The molecule has 3 N–H and O–H groups in total. The van der Waals surface area contributed by atoms with Crippen molar-refractivity contribution in [1.82, 2.24) is 5.32 Å². The minimum atomic E-state index is -3.30. The predicted octanol–water partition coefficient (Wildman–Crippen LogP) is 0.963. The molecule has 1 saturated heterocycles. The number of sulfonamides is 1. The number of aliphatic hydroxyl groups excluding tert-OH is 1. The number of hydrogen-bond acceptors (Lipinski definition) is 4. The number of hydrogen-bond donors (Lipinski definition) is 3. The van der Waals surface area contributed by atoms with E-state index in [1.165, 1.54) is 0 Å². The van der Waals surface area contributed by atoms with Gasteiger partial charge in [0.05, 0.1) is 5.75 Å². The standard InChI is InChI=1S/C14H22N2O3S/c17-9-7-12-3-5-14(6-4-12)16-20(18,19)11-13-2-1-8-15-10-13/h3-6,13,15-17H,1-2,7-11H2. The summed E-state index contributed by atoms with van der Waals surface area (Å²) in [5, 5.41) is 12.1. The van der Waals surface area contributed by atoms with Crippen LogP contribution in [0.1, 0.15) is 18.4 Å². The van der Waals surface area contributed by atoms with Crippen LogP contribution in [-0.4, -0.2) is 39.0 Å². The van der Waals surface area contributed by atoms with E-state index in [2.05, 4.69) is 10.0 Å². The zero-order valence-corrected chi connectivity index (χ0v) is 12.3. The Morgan fingerprint density at radius 1 is 1.30 bits per heavy atom. The van der Waals surface area contributed by atoms with Gasteiger partial charge in [-0.15, -0.1) is 0 Å². The third-order valence-corrected chi connectivity index (χ3v) is 4.94. The van der Waals surface area contributed by atoms with Crippen LogP contribution in [0.4, 0.5) is 5.69 Å². The molecule has 0 radical (unpaired) electrons. The van der Waals surface area contributed by atoms with E-state index >= 15 is 0 Å². The summed E-state index contributed by atoms with van der Waals surface area (Å²) in [6.07, 6.45) is 2.58. The third kappa shape index (κ3) is 4.77. The van der Waals surface area contributed by atoms with Crippen molar-refractivity contribution >= 4 is 15.7 Å². The van der Waals surface area contributed by atoms with Gasteiger partial charge >= 0.3 is 0 Å². The van der Waals surface area contributed by atoms with Gasteiger partial charge in [-0.25, -0.2) is 8.42 Å². The summed E-state index contributed by atoms with van der Waals surface area (Å²) in [5.41, 5.74) is 1.57. The molecule has 0 aliphatic carbocycles. The lowest BCUT2D eigenvalue weighted by Gasteiger charge is -2.22. The molecule has 0 bridgehead atoms. The van der Waals surface area contributed by atoms with Gasteiger partial charge in [0.1, 0.15) is 0 Å². The van der Waals surface area contributed by atoms with Crippen LogP contribution in [0.15, 0.2) is 24.3 Å². The third-order valence-electron chi connectivity index (χ3n) is 3.48. The first-order valence-corrected chi connectivity index (χ1v) is 8.65. The maximum absolute atomic E-state index is 12.1. The highest BCUT2D eigenvalue weighted by Crippen LogP contribution is 2.16. The van der Waals surface area contributed by atoms with Crippen molar-refractivity contribution in [2.24, 2.45) is 5.92 Å². The number of nitrogens with one attached hydrogen (secondary N) is 2. The molecular weight excluding hydrogens is 276 g/mol. The van der Waals surface area contributed by atoms with E-state index < -0.39 is 10.0 Å². The predicted molar refractivity (Wildman–Crippen MR) is 80.2 cm³/mol. The summed E-state index contributed by atoms with van der Waals surface area (Å²) in [5.74, 6) is 0.355. The van der Waals surface area contributed by atoms with Crippen LogP contribution < -0.4 is 10.0 Å². The molecule has 1 aromatic rings. The van der Waals surface area contributed by atoms with E-state index in [1.807, 2.05) is 12.1 Å². The summed E-state index contributed by atoms with van der Waals surface area (Å²) >= 11 is 0. The summed E-state index contributed by atoms with van der Waals surface area (Å²) in [6.45, 7) is 1.85. The summed E-state index contributed by atoms with van der Waals surface area (Å²) < 4.78 is 26.8. The van der Waals surface area contributed by atoms with Crippen molar-refractivity contribution in [2.45, 2.75) is 19.3 Å². The van der Waals surface area contributed by atoms with Gasteiger partial charge in [-0.3, -0.25) is 4.72 Å². The first-order chi connectivity index (χ1) is 9.59. The summed E-state index contributed by atoms with van der Waals surface area (Å²) in [6, 6.07) is 7.13.